The van der Waals surface area contributed by atoms with E-state index in [9.17, 15) is 8.78 Å². The Hall–Kier alpha value is -3.23. The summed E-state index contributed by atoms with van der Waals surface area (Å²) in [5.41, 5.74) is 0.857. The van der Waals surface area contributed by atoms with E-state index in [2.05, 4.69) is 25.8 Å². The number of hydrogen-bond donors (Lipinski definition) is 2. The van der Waals surface area contributed by atoms with Gasteiger partial charge in [-0.3, -0.25) is 9.39 Å². The Balaban J connectivity index is 1.37. The molecule has 0 bridgehead atoms. The van der Waals surface area contributed by atoms with Gasteiger partial charge in [0.25, 0.3) is 0 Å². The van der Waals surface area contributed by atoms with Crippen molar-refractivity contribution in [3.05, 3.63) is 60.1 Å². The van der Waals surface area contributed by atoms with E-state index in [-0.39, 0.29) is 11.7 Å². The highest BCUT2D eigenvalue weighted by Crippen LogP contribution is 2.26. The molecule has 1 atom stereocenters. The maximum absolute atomic E-state index is 14.1. The molecule has 7 nitrogen and oxygen atoms in total. The molecule has 0 spiro atoms. The Bertz CT molecular complexity index is 1010. The lowest BCUT2D eigenvalue weighted by Crippen LogP contribution is -2.44. The van der Waals surface area contributed by atoms with Crippen molar-refractivity contribution < 1.29 is 8.78 Å². The number of anilines is 1. The average Bonchev–Trinajstić information content (AvgIpc) is 3.35. The Morgan fingerprint density at radius 3 is 2.80 bits per heavy atom. The summed E-state index contributed by atoms with van der Waals surface area (Å²) in [6.45, 7) is 4.36. The van der Waals surface area contributed by atoms with Crippen LogP contribution in [0.15, 0.2) is 47.6 Å². The quantitative estimate of drug-likeness (QED) is 0.480. The van der Waals surface area contributed by atoms with E-state index in [4.69, 9.17) is 0 Å². The highest BCUT2D eigenvalue weighted by molar-refractivity contribution is 5.80. The molecule has 1 aromatic carbocycles. The summed E-state index contributed by atoms with van der Waals surface area (Å²) in [5, 5.41) is 15.0. The Kier molecular flexibility index (Phi) is 6.06. The normalized spacial score (nSPS) is 17.0. The van der Waals surface area contributed by atoms with Gasteiger partial charge in [0.1, 0.15) is 23.1 Å². The van der Waals surface area contributed by atoms with Crippen LogP contribution in [0.4, 0.5) is 14.5 Å². The number of nitrogens with zero attached hydrogens (tertiary/aromatic N) is 5. The molecule has 1 saturated heterocycles. The number of guanidine groups is 1. The van der Waals surface area contributed by atoms with Gasteiger partial charge < -0.3 is 15.5 Å². The molecule has 3 heterocycles. The van der Waals surface area contributed by atoms with Crippen molar-refractivity contribution >= 4 is 17.3 Å². The van der Waals surface area contributed by atoms with Gasteiger partial charge in [-0.15, -0.1) is 10.2 Å². The molecule has 30 heavy (non-hydrogen) atoms. The van der Waals surface area contributed by atoms with Gasteiger partial charge in [0.2, 0.25) is 0 Å². The summed E-state index contributed by atoms with van der Waals surface area (Å²) in [6, 6.07) is 9.80. The highest BCUT2D eigenvalue weighted by Gasteiger charge is 2.27. The van der Waals surface area contributed by atoms with Crippen molar-refractivity contribution in [2.45, 2.75) is 25.8 Å². The number of rotatable bonds is 6. The van der Waals surface area contributed by atoms with E-state index in [0.29, 0.717) is 32.0 Å². The predicted molar refractivity (Wildman–Crippen MR) is 113 cm³/mol. The first-order valence-electron chi connectivity index (χ1n) is 10.2. The number of halogens is 2. The lowest BCUT2D eigenvalue weighted by atomic mass is 10.2. The van der Waals surface area contributed by atoms with Crippen molar-refractivity contribution in [1.82, 2.24) is 25.2 Å². The van der Waals surface area contributed by atoms with Crippen molar-refractivity contribution in [2.75, 3.05) is 31.1 Å². The number of para-hydroxylation sites is 1. The molecule has 0 aliphatic carbocycles. The van der Waals surface area contributed by atoms with Crippen LogP contribution in [0.2, 0.25) is 0 Å². The molecular formula is C21H25F2N7. The first-order chi connectivity index (χ1) is 14.7. The van der Waals surface area contributed by atoms with Crippen molar-refractivity contribution in [1.29, 1.82) is 0 Å². The fourth-order valence-electron chi connectivity index (χ4n) is 3.71. The number of nitrogens with one attached hydrogen (secondary N) is 2. The second kappa shape index (κ2) is 9.06. The number of pyridine rings is 1. The van der Waals surface area contributed by atoms with E-state index < -0.39 is 11.6 Å². The average molecular weight is 413 g/mol. The Morgan fingerprint density at radius 2 is 2.00 bits per heavy atom. The lowest BCUT2D eigenvalue weighted by Gasteiger charge is -2.21. The van der Waals surface area contributed by atoms with E-state index in [1.54, 1.807) is 4.90 Å². The third kappa shape index (κ3) is 4.34. The SMILES string of the molecule is CCNC(=NCCc1nnc2ccccn12)NC1CCN(c2c(F)cccc2F)C1. The maximum atomic E-state index is 14.1. The van der Waals surface area contributed by atoms with Crippen molar-refractivity contribution in [2.24, 2.45) is 4.99 Å². The van der Waals surface area contributed by atoms with E-state index in [1.165, 1.54) is 18.2 Å². The summed E-state index contributed by atoms with van der Waals surface area (Å²) in [5.74, 6) is 0.480. The molecule has 1 fully saturated rings. The van der Waals surface area contributed by atoms with Gasteiger partial charge in [-0.25, -0.2) is 8.78 Å². The molecule has 0 amide bonds. The van der Waals surface area contributed by atoms with Gasteiger partial charge in [-0.1, -0.05) is 12.1 Å². The number of fused-ring (bicyclic) bond motifs is 1. The van der Waals surface area contributed by atoms with Crippen LogP contribution in [-0.4, -0.2) is 52.8 Å². The monoisotopic (exact) mass is 413 g/mol. The molecule has 4 rings (SSSR count). The second-order valence-electron chi connectivity index (χ2n) is 7.20. The topological polar surface area (TPSA) is 69.8 Å². The number of benzene rings is 1. The van der Waals surface area contributed by atoms with Crippen LogP contribution in [-0.2, 0) is 6.42 Å². The number of aromatic nitrogens is 3. The summed E-state index contributed by atoms with van der Waals surface area (Å²) in [4.78, 5) is 6.38. The largest absolute Gasteiger partial charge is 0.365 e. The number of hydrogen-bond acceptors (Lipinski definition) is 4. The molecule has 9 heteroatoms. The summed E-state index contributed by atoms with van der Waals surface area (Å²) in [6.07, 6.45) is 3.36. The Labute approximate surface area is 173 Å². The molecule has 3 aromatic rings. The van der Waals surface area contributed by atoms with Crippen LogP contribution in [0.3, 0.4) is 0 Å². The third-order valence-electron chi connectivity index (χ3n) is 5.12. The zero-order valence-electron chi connectivity index (χ0n) is 16.9. The molecular weight excluding hydrogens is 388 g/mol. The molecule has 1 aliphatic rings. The maximum Gasteiger partial charge on any atom is 0.191 e. The van der Waals surface area contributed by atoms with Gasteiger partial charge in [0.05, 0.1) is 0 Å². The van der Waals surface area contributed by atoms with Crippen LogP contribution >= 0.6 is 0 Å². The van der Waals surface area contributed by atoms with Crippen LogP contribution in [0, 0.1) is 11.6 Å². The van der Waals surface area contributed by atoms with Gasteiger partial charge in [-0.05, 0) is 37.6 Å². The zero-order chi connectivity index (χ0) is 20.9. The molecule has 158 valence electrons. The van der Waals surface area contributed by atoms with Crippen LogP contribution in [0.25, 0.3) is 5.65 Å². The van der Waals surface area contributed by atoms with Crippen LogP contribution in [0.5, 0.6) is 0 Å². The smallest absolute Gasteiger partial charge is 0.191 e. The summed E-state index contributed by atoms with van der Waals surface area (Å²) < 4.78 is 30.1. The molecule has 1 unspecified atom stereocenters. The zero-order valence-corrected chi connectivity index (χ0v) is 16.9. The minimum Gasteiger partial charge on any atom is -0.365 e. The first-order valence-corrected chi connectivity index (χ1v) is 10.2. The van der Waals surface area contributed by atoms with Gasteiger partial charge in [0, 0.05) is 44.8 Å². The number of aliphatic imine (C=N–C) groups is 1. The minimum absolute atomic E-state index is 0.0439. The standard InChI is InChI=1S/C21H25F2N7/c1-2-24-21(25-11-9-19-28-27-18-8-3-4-12-30(18)19)26-15-10-13-29(14-15)20-16(22)6-5-7-17(20)23/h3-8,12,15H,2,9-11,13-14H2,1H3,(H2,24,25,26). The summed E-state index contributed by atoms with van der Waals surface area (Å²) >= 11 is 0. The van der Waals surface area contributed by atoms with E-state index >= 15 is 0 Å². The fourth-order valence-corrected chi connectivity index (χ4v) is 3.71. The molecule has 1 aliphatic heterocycles. The Morgan fingerprint density at radius 1 is 1.17 bits per heavy atom. The second-order valence-corrected chi connectivity index (χ2v) is 7.20. The van der Waals surface area contributed by atoms with E-state index in [1.807, 2.05) is 35.7 Å². The first kappa shape index (κ1) is 20.1. The lowest BCUT2D eigenvalue weighted by molar-refractivity contribution is 0.576. The van der Waals surface area contributed by atoms with Gasteiger partial charge >= 0.3 is 0 Å². The molecule has 2 aromatic heterocycles. The van der Waals surface area contributed by atoms with E-state index in [0.717, 1.165) is 24.4 Å². The van der Waals surface area contributed by atoms with Gasteiger partial charge in [0.15, 0.2) is 11.6 Å². The van der Waals surface area contributed by atoms with Crippen molar-refractivity contribution in [3.63, 3.8) is 0 Å². The summed E-state index contributed by atoms with van der Waals surface area (Å²) in [7, 11) is 0. The fraction of sp³-hybridized carbons (Fsp3) is 0.381. The van der Waals surface area contributed by atoms with Gasteiger partial charge in [-0.2, -0.15) is 0 Å². The van der Waals surface area contributed by atoms with Crippen molar-refractivity contribution in [3.8, 4) is 0 Å². The molecule has 2 N–H and O–H groups in total. The van der Waals surface area contributed by atoms with Crippen LogP contribution in [0.1, 0.15) is 19.2 Å². The highest BCUT2D eigenvalue weighted by atomic mass is 19.1. The van der Waals surface area contributed by atoms with Crippen LogP contribution < -0.4 is 15.5 Å². The molecule has 0 saturated carbocycles. The third-order valence-corrected chi connectivity index (χ3v) is 5.12. The minimum atomic E-state index is -0.531. The molecule has 0 radical (unpaired) electrons. The predicted octanol–water partition coefficient (Wildman–Crippen LogP) is 2.38.